The highest BCUT2D eigenvalue weighted by Gasteiger charge is 2.17. The van der Waals surface area contributed by atoms with Crippen LogP contribution in [0.4, 0.5) is 21.5 Å². The predicted molar refractivity (Wildman–Crippen MR) is 245 cm³/mol. The van der Waals surface area contributed by atoms with E-state index in [0.717, 1.165) is 66.8 Å². The summed E-state index contributed by atoms with van der Waals surface area (Å²) in [6, 6.07) is 71.6. The van der Waals surface area contributed by atoms with Crippen molar-refractivity contribution in [1.29, 1.82) is 0 Å². The highest BCUT2D eigenvalue weighted by Crippen LogP contribution is 2.42. The molecule has 0 N–H and O–H groups in total. The molecule has 0 saturated heterocycles. The second kappa shape index (κ2) is 14.0. The lowest BCUT2D eigenvalue weighted by molar-refractivity contribution is 0.629. The van der Waals surface area contributed by atoms with E-state index in [1.54, 1.807) is 6.07 Å². The summed E-state index contributed by atoms with van der Waals surface area (Å²) in [6.45, 7) is 0. The van der Waals surface area contributed by atoms with Gasteiger partial charge in [-0.1, -0.05) is 127 Å². The zero-order valence-corrected chi connectivity index (χ0v) is 32.1. The number of aromatic nitrogens is 1. The summed E-state index contributed by atoms with van der Waals surface area (Å²) in [5, 5.41) is 4.52. The van der Waals surface area contributed by atoms with Crippen molar-refractivity contribution in [2.75, 3.05) is 4.90 Å². The molecule has 11 aromatic rings. The first kappa shape index (κ1) is 32.9. The van der Waals surface area contributed by atoms with E-state index in [2.05, 4.69) is 161 Å². The molecule has 0 aliphatic carbocycles. The van der Waals surface area contributed by atoms with Gasteiger partial charge in [0, 0.05) is 53.7 Å². The summed E-state index contributed by atoms with van der Waals surface area (Å²) < 4.78 is 27.3. The van der Waals surface area contributed by atoms with Crippen LogP contribution in [-0.4, -0.2) is 4.57 Å². The molecule has 0 aliphatic heterocycles. The standard InChI is InChI=1S/C54H35FN2S/c55-41-27-32-51-49(35-41)47-17-4-6-20-50(47)57(51)45-16-9-14-40(34-45)37-23-28-42(29-24-37)56(44-15-8-13-39(33-44)36-11-2-1-3-12-36)43-30-25-38(26-31-43)46-19-10-22-53-54(46)48-18-5-7-21-52(48)58-53/h1-35H/i1D. The van der Waals surface area contributed by atoms with E-state index in [0.29, 0.717) is 6.04 Å². The number of fused-ring (bicyclic) bond motifs is 6. The molecule has 58 heavy (non-hydrogen) atoms. The molecule has 0 unspecified atom stereocenters. The number of para-hydroxylation sites is 1. The van der Waals surface area contributed by atoms with Gasteiger partial charge >= 0.3 is 0 Å². The maximum atomic E-state index is 14.4. The number of hydrogen-bond acceptors (Lipinski definition) is 2. The van der Waals surface area contributed by atoms with Gasteiger partial charge < -0.3 is 9.47 Å². The third-order valence-electron chi connectivity index (χ3n) is 11.2. The monoisotopic (exact) mass is 763 g/mol. The molecule has 274 valence electrons. The predicted octanol–water partition coefficient (Wildman–Crippen LogP) is 15.8. The van der Waals surface area contributed by atoms with Crippen molar-refractivity contribution in [3.63, 3.8) is 0 Å². The normalized spacial score (nSPS) is 11.8. The maximum Gasteiger partial charge on any atom is 0.123 e. The van der Waals surface area contributed by atoms with Crippen LogP contribution in [0.5, 0.6) is 0 Å². The molecule has 0 spiro atoms. The van der Waals surface area contributed by atoms with Crippen LogP contribution in [0.2, 0.25) is 0 Å². The largest absolute Gasteiger partial charge is 0.310 e. The van der Waals surface area contributed by atoms with Crippen molar-refractivity contribution in [1.82, 2.24) is 4.57 Å². The Hall–Kier alpha value is -7.27. The molecule has 2 nitrogen and oxygen atoms in total. The number of rotatable bonds is 7. The average Bonchev–Trinajstić information content (AvgIpc) is 3.83. The van der Waals surface area contributed by atoms with Gasteiger partial charge in [-0.25, -0.2) is 4.39 Å². The Kier molecular flexibility index (Phi) is 7.97. The zero-order valence-electron chi connectivity index (χ0n) is 32.3. The molecule has 0 bridgehead atoms. The van der Waals surface area contributed by atoms with Gasteiger partial charge in [-0.2, -0.15) is 0 Å². The summed E-state index contributed by atoms with van der Waals surface area (Å²) in [6.07, 6.45) is 0. The second-order valence-corrected chi connectivity index (χ2v) is 15.7. The highest BCUT2D eigenvalue weighted by atomic mass is 32.1. The van der Waals surface area contributed by atoms with Gasteiger partial charge in [-0.3, -0.25) is 0 Å². The molecule has 2 heterocycles. The molecular weight excluding hydrogens is 728 g/mol. The fraction of sp³-hybridized carbons (Fsp3) is 0. The number of benzene rings is 9. The van der Waals surface area contributed by atoms with Crippen LogP contribution in [0, 0.1) is 5.82 Å². The summed E-state index contributed by atoms with van der Waals surface area (Å²) in [5.41, 5.74) is 12.9. The van der Waals surface area contributed by atoms with Gasteiger partial charge in [0.25, 0.3) is 0 Å². The van der Waals surface area contributed by atoms with Gasteiger partial charge in [0.2, 0.25) is 0 Å². The van der Waals surface area contributed by atoms with Crippen molar-refractivity contribution in [3.05, 3.63) is 218 Å². The van der Waals surface area contributed by atoms with E-state index in [9.17, 15) is 4.39 Å². The molecule has 11 rings (SSSR count). The molecule has 9 aromatic carbocycles. The lowest BCUT2D eigenvalue weighted by Crippen LogP contribution is -2.10. The van der Waals surface area contributed by atoms with Crippen molar-refractivity contribution in [2.45, 2.75) is 0 Å². The van der Waals surface area contributed by atoms with E-state index >= 15 is 0 Å². The Morgan fingerprint density at radius 2 is 1.05 bits per heavy atom. The van der Waals surface area contributed by atoms with Crippen LogP contribution < -0.4 is 4.90 Å². The number of hydrogen-bond donors (Lipinski definition) is 0. The van der Waals surface area contributed by atoms with Crippen LogP contribution in [0.1, 0.15) is 1.37 Å². The van der Waals surface area contributed by atoms with Gasteiger partial charge in [0.05, 0.1) is 12.4 Å². The minimum atomic E-state index is -0.238. The van der Waals surface area contributed by atoms with Gasteiger partial charge in [-0.05, 0) is 118 Å². The Balaban J connectivity index is 0.994. The van der Waals surface area contributed by atoms with Gasteiger partial charge in [0.1, 0.15) is 5.82 Å². The third kappa shape index (κ3) is 5.85. The maximum absolute atomic E-state index is 14.4. The molecule has 0 saturated carbocycles. The Bertz CT molecular complexity index is 3350. The first-order chi connectivity index (χ1) is 29.1. The molecule has 0 amide bonds. The zero-order chi connectivity index (χ0) is 39.5. The topological polar surface area (TPSA) is 8.17 Å². The van der Waals surface area contributed by atoms with Crippen molar-refractivity contribution in [3.8, 4) is 39.1 Å². The number of halogens is 1. The minimum absolute atomic E-state index is 0.238. The first-order valence-electron chi connectivity index (χ1n) is 19.9. The average molecular weight is 764 g/mol. The second-order valence-electron chi connectivity index (χ2n) is 14.6. The van der Waals surface area contributed by atoms with Crippen molar-refractivity contribution >= 4 is 70.4 Å². The number of thiophene rings is 1. The lowest BCUT2D eigenvalue weighted by atomic mass is 9.99. The molecule has 4 heteroatoms. The first-order valence-corrected chi connectivity index (χ1v) is 20.2. The van der Waals surface area contributed by atoms with E-state index < -0.39 is 0 Å². The van der Waals surface area contributed by atoms with E-state index in [1.807, 2.05) is 53.8 Å². The Morgan fingerprint density at radius 1 is 0.431 bits per heavy atom. The molecule has 2 aromatic heterocycles. The SMILES string of the molecule is [2H]c1ccc(-c2cccc(N(c3ccc(-c4cccc(-n5c6ccccc6c6cc(F)ccc65)c4)cc3)c3ccc(-c4cccc5sc6ccccc6c45)cc3)c2)cc1. The highest BCUT2D eigenvalue weighted by molar-refractivity contribution is 7.25. The van der Waals surface area contributed by atoms with E-state index in [1.165, 1.54) is 37.4 Å². The molecule has 0 aliphatic rings. The van der Waals surface area contributed by atoms with Crippen LogP contribution in [0.25, 0.3) is 81.0 Å². The van der Waals surface area contributed by atoms with E-state index in [4.69, 9.17) is 1.37 Å². The minimum Gasteiger partial charge on any atom is -0.310 e. The summed E-state index contributed by atoms with van der Waals surface area (Å²) in [7, 11) is 0. The van der Waals surface area contributed by atoms with E-state index in [-0.39, 0.29) is 5.82 Å². The summed E-state index contributed by atoms with van der Waals surface area (Å²) >= 11 is 1.84. The Morgan fingerprint density at radius 3 is 1.86 bits per heavy atom. The van der Waals surface area contributed by atoms with Crippen LogP contribution >= 0.6 is 11.3 Å². The molecule has 0 radical (unpaired) electrons. The lowest BCUT2D eigenvalue weighted by Gasteiger charge is -2.26. The fourth-order valence-corrected chi connectivity index (χ4v) is 9.64. The van der Waals surface area contributed by atoms with Gasteiger partial charge in [-0.15, -0.1) is 11.3 Å². The number of anilines is 3. The molecule has 0 fully saturated rings. The quantitative estimate of drug-likeness (QED) is 0.157. The third-order valence-corrected chi connectivity index (χ3v) is 12.3. The van der Waals surface area contributed by atoms with Crippen LogP contribution in [0.3, 0.4) is 0 Å². The molecule has 0 atom stereocenters. The van der Waals surface area contributed by atoms with Gasteiger partial charge in [0.15, 0.2) is 0 Å². The van der Waals surface area contributed by atoms with Crippen molar-refractivity contribution in [2.24, 2.45) is 0 Å². The Labute approximate surface area is 341 Å². The fourth-order valence-electron chi connectivity index (χ4n) is 8.51. The van der Waals surface area contributed by atoms with Crippen molar-refractivity contribution < 1.29 is 5.76 Å². The number of nitrogens with zero attached hydrogens (tertiary/aromatic N) is 2. The van der Waals surface area contributed by atoms with Crippen LogP contribution in [-0.2, 0) is 0 Å². The molecular formula is C54H35FN2S. The summed E-state index contributed by atoms with van der Waals surface area (Å²) in [4.78, 5) is 2.31. The summed E-state index contributed by atoms with van der Waals surface area (Å²) in [5.74, 6) is -0.238. The smallest absolute Gasteiger partial charge is 0.123 e. The van der Waals surface area contributed by atoms with Crippen LogP contribution in [0.15, 0.2) is 212 Å².